The number of benzene rings is 1. The highest BCUT2D eigenvalue weighted by atomic mass is 32.2. The number of ether oxygens (including phenoxy) is 1. The first-order valence-electron chi connectivity index (χ1n) is 11.3. The van der Waals surface area contributed by atoms with E-state index < -0.39 is 31.0 Å². The third kappa shape index (κ3) is 5.51. The Balaban J connectivity index is 1.55. The Morgan fingerprint density at radius 3 is 2.39 bits per heavy atom. The summed E-state index contributed by atoms with van der Waals surface area (Å²) in [5, 5.41) is 2.24. The smallest absolute Gasteiger partial charge is 0.183 e. The van der Waals surface area contributed by atoms with Crippen molar-refractivity contribution in [3.63, 3.8) is 0 Å². The van der Waals surface area contributed by atoms with Gasteiger partial charge in [0.05, 0.1) is 47.2 Å². The number of sulfone groups is 2. The number of furan rings is 1. The summed E-state index contributed by atoms with van der Waals surface area (Å²) in [6, 6.07) is 9.65. The predicted octanol–water partition coefficient (Wildman–Crippen LogP) is 2.01. The lowest BCUT2D eigenvalue weighted by Crippen LogP contribution is -2.48. The van der Waals surface area contributed by atoms with Crippen molar-refractivity contribution in [3.05, 3.63) is 54.0 Å². The molecule has 0 radical (unpaired) electrons. The molecule has 1 unspecified atom stereocenters. The average Bonchev–Trinajstić information content (AvgIpc) is 3.43. The van der Waals surface area contributed by atoms with E-state index in [1.165, 1.54) is 0 Å². The van der Waals surface area contributed by atoms with Crippen molar-refractivity contribution in [2.24, 2.45) is 0 Å². The highest BCUT2D eigenvalue weighted by Gasteiger charge is 2.46. The monoisotopic (exact) mass is 496 g/mol. The molecule has 1 N–H and O–H groups in total. The van der Waals surface area contributed by atoms with Crippen LogP contribution in [-0.4, -0.2) is 77.4 Å². The summed E-state index contributed by atoms with van der Waals surface area (Å²) in [6.07, 6.45) is 1.61. The largest absolute Gasteiger partial charge is 0.468 e. The van der Waals surface area contributed by atoms with Crippen LogP contribution in [0.3, 0.4) is 0 Å². The van der Waals surface area contributed by atoms with Gasteiger partial charge in [0.25, 0.3) is 0 Å². The summed E-state index contributed by atoms with van der Waals surface area (Å²) in [6.45, 7) is 7.12. The Labute approximate surface area is 196 Å². The molecular formula is C23H32N2O6S2. The van der Waals surface area contributed by atoms with Crippen molar-refractivity contribution < 1.29 is 26.0 Å². The van der Waals surface area contributed by atoms with Gasteiger partial charge in [-0.3, -0.25) is 4.90 Å². The zero-order valence-electron chi connectivity index (χ0n) is 19.0. The van der Waals surface area contributed by atoms with Crippen LogP contribution in [0.25, 0.3) is 0 Å². The van der Waals surface area contributed by atoms with E-state index in [2.05, 4.69) is 10.2 Å². The Kier molecular flexibility index (Phi) is 7.30. The van der Waals surface area contributed by atoms with E-state index in [-0.39, 0.29) is 28.4 Å². The Morgan fingerprint density at radius 2 is 1.79 bits per heavy atom. The molecule has 0 aliphatic carbocycles. The maximum Gasteiger partial charge on any atom is 0.183 e. The van der Waals surface area contributed by atoms with E-state index in [9.17, 15) is 16.8 Å². The minimum Gasteiger partial charge on any atom is -0.468 e. The Morgan fingerprint density at radius 1 is 1.09 bits per heavy atom. The SMILES string of the molecule is CC(C)c1ccc(S(=O)(=O)[C@H]2CS(=O)(=O)C[C@@H]2NCC(c2ccco2)N2CCOCC2)cc1. The molecule has 2 fully saturated rings. The van der Waals surface area contributed by atoms with Gasteiger partial charge in [-0.15, -0.1) is 0 Å². The first kappa shape index (κ1) is 24.4. The van der Waals surface area contributed by atoms with Crippen LogP contribution in [0.2, 0.25) is 0 Å². The highest BCUT2D eigenvalue weighted by molar-refractivity contribution is 7.96. The molecule has 0 amide bonds. The molecule has 3 atom stereocenters. The van der Waals surface area contributed by atoms with Crippen LogP contribution in [0.15, 0.2) is 52.0 Å². The fourth-order valence-electron chi connectivity index (χ4n) is 4.57. The summed E-state index contributed by atoms with van der Waals surface area (Å²) in [5.74, 6) is 0.465. The molecule has 2 aliphatic rings. The standard InChI is InChI=1S/C23H32N2O6S2/c1-17(2)18-5-7-19(8-6-18)33(28,29)23-16-32(26,27)15-20(23)24-14-21(22-4-3-11-31-22)25-9-12-30-13-10-25/h3-8,11,17,20-21,23-24H,9-10,12-16H2,1-2H3/t20-,21?,23-/m0/s1. The summed E-state index contributed by atoms with van der Waals surface area (Å²) in [4.78, 5) is 2.38. The van der Waals surface area contributed by atoms with Gasteiger partial charge < -0.3 is 14.5 Å². The quantitative estimate of drug-likeness (QED) is 0.592. The second-order valence-corrected chi connectivity index (χ2v) is 13.4. The lowest BCUT2D eigenvalue weighted by Gasteiger charge is -2.34. The molecule has 0 saturated carbocycles. The minimum atomic E-state index is -3.83. The van der Waals surface area contributed by atoms with Gasteiger partial charge in [0, 0.05) is 25.7 Å². The first-order chi connectivity index (χ1) is 15.7. The molecule has 10 heteroatoms. The number of nitrogens with one attached hydrogen (secondary N) is 1. The van der Waals surface area contributed by atoms with Crippen LogP contribution in [0.4, 0.5) is 0 Å². The van der Waals surface area contributed by atoms with Crippen LogP contribution >= 0.6 is 0 Å². The summed E-state index contributed by atoms with van der Waals surface area (Å²) < 4.78 is 63.0. The fourth-order valence-corrected chi connectivity index (χ4v) is 9.29. The number of rotatable bonds is 8. The fraction of sp³-hybridized carbons (Fsp3) is 0.565. The normalized spacial score (nSPS) is 24.8. The predicted molar refractivity (Wildman–Crippen MR) is 126 cm³/mol. The van der Waals surface area contributed by atoms with E-state index in [0.29, 0.717) is 19.8 Å². The molecular weight excluding hydrogens is 464 g/mol. The first-order valence-corrected chi connectivity index (χ1v) is 14.7. The maximum absolute atomic E-state index is 13.4. The van der Waals surface area contributed by atoms with E-state index in [1.807, 2.05) is 26.0 Å². The zero-order valence-corrected chi connectivity index (χ0v) is 20.6. The van der Waals surface area contributed by atoms with Crippen molar-refractivity contribution in [2.45, 2.75) is 42.0 Å². The molecule has 1 aromatic carbocycles. The van der Waals surface area contributed by atoms with Crippen molar-refractivity contribution in [1.29, 1.82) is 0 Å². The topological polar surface area (TPSA) is 106 Å². The molecule has 2 aromatic rings. The molecule has 0 bridgehead atoms. The zero-order chi connectivity index (χ0) is 23.6. The second kappa shape index (κ2) is 9.87. The van der Waals surface area contributed by atoms with Crippen LogP contribution in [0, 0.1) is 0 Å². The second-order valence-electron chi connectivity index (χ2n) is 9.08. The molecule has 8 nitrogen and oxygen atoms in total. The van der Waals surface area contributed by atoms with Crippen molar-refractivity contribution in [3.8, 4) is 0 Å². The van der Waals surface area contributed by atoms with Gasteiger partial charge in [0.15, 0.2) is 19.7 Å². The Hall–Kier alpha value is -1.72. The van der Waals surface area contributed by atoms with Crippen LogP contribution in [-0.2, 0) is 24.4 Å². The molecule has 1 aromatic heterocycles. The number of morpholine rings is 1. The third-order valence-electron chi connectivity index (χ3n) is 6.51. The van der Waals surface area contributed by atoms with E-state index in [1.54, 1.807) is 30.5 Å². The van der Waals surface area contributed by atoms with Gasteiger partial charge in [-0.25, -0.2) is 16.8 Å². The van der Waals surface area contributed by atoms with Gasteiger partial charge in [-0.1, -0.05) is 26.0 Å². The van der Waals surface area contributed by atoms with Gasteiger partial charge in [-0.2, -0.15) is 0 Å². The van der Waals surface area contributed by atoms with Gasteiger partial charge in [0.1, 0.15) is 5.76 Å². The molecule has 2 aliphatic heterocycles. The number of hydrogen-bond acceptors (Lipinski definition) is 8. The highest BCUT2D eigenvalue weighted by Crippen LogP contribution is 2.28. The molecule has 182 valence electrons. The summed E-state index contributed by atoms with van der Waals surface area (Å²) >= 11 is 0. The maximum atomic E-state index is 13.4. The van der Waals surface area contributed by atoms with E-state index in [0.717, 1.165) is 24.4 Å². The van der Waals surface area contributed by atoms with Crippen molar-refractivity contribution >= 4 is 19.7 Å². The van der Waals surface area contributed by atoms with Crippen LogP contribution < -0.4 is 5.32 Å². The number of nitrogens with zero attached hydrogens (tertiary/aromatic N) is 1. The molecule has 0 spiro atoms. The third-order valence-corrected chi connectivity index (χ3v) is 10.7. The van der Waals surface area contributed by atoms with E-state index >= 15 is 0 Å². The van der Waals surface area contributed by atoms with E-state index in [4.69, 9.17) is 9.15 Å². The van der Waals surface area contributed by atoms with Gasteiger partial charge in [0.2, 0.25) is 0 Å². The minimum absolute atomic E-state index is 0.138. The molecule has 33 heavy (non-hydrogen) atoms. The van der Waals surface area contributed by atoms with Gasteiger partial charge in [-0.05, 0) is 35.7 Å². The van der Waals surface area contributed by atoms with Crippen molar-refractivity contribution in [1.82, 2.24) is 10.2 Å². The molecule has 3 heterocycles. The van der Waals surface area contributed by atoms with Gasteiger partial charge >= 0.3 is 0 Å². The average molecular weight is 497 g/mol. The lowest BCUT2D eigenvalue weighted by molar-refractivity contribution is 0.0113. The summed E-state index contributed by atoms with van der Waals surface area (Å²) in [5.41, 5.74) is 1.04. The Bertz CT molecular complexity index is 1120. The molecule has 4 rings (SSSR count). The van der Waals surface area contributed by atoms with Crippen LogP contribution in [0.5, 0.6) is 0 Å². The molecule has 2 saturated heterocycles. The van der Waals surface area contributed by atoms with Crippen LogP contribution in [0.1, 0.15) is 37.1 Å². The van der Waals surface area contributed by atoms with Crippen molar-refractivity contribution in [2.75, 3.05) is 44.4 Å². The lowest BCUT2D eigenvalue weighted by atomic mass is 10.0. The number of hydrogen-bond donors (Lipinski definition) is 1. The summed E-state index contributed by atoms with van der Waals surface area (Å²) in [7, 11) is -7.31.